The summed E-state index contributed by atoms with van der Waals surface area (Å²) in [5, 5.41) is 6.94. The largest absolute Gasteiger partial charge is 0.274 e. The lowest BCUT2D eigenvalue weighted by Gasteiger charge is -2.30. The van der Waals surface area contributed by atoms with Crippen molar-refractivity contribution < 1.29 is 9.59 Å². The number of nitrogens with zero attached hydrogens (tertiary/aromatic N) is 3. The molecule has 0 aliphatic carbocycles. The molecule has 2 amide bonds. The number of rotatable bonds is 2. The van der Waals surface area contributed by atoms with Crippen LogP contribution in [0.4, 0.5) is 5.69 Å². The minimum absolute atomic E-state index is 0.115. The summed E-state index contributed by atoms with van der Waals surface area (Å²) in [6.45, 7) is 1.66. The normalized spacial score (nSPS) is 26.6. The predicted molar refractivity (Wildman–Crippen MR) is 116 cm³/mol. The van der Waals surface area contributed by atoms with Crippen LogP contribution in [0.15, 0.2) is 66.7 Å². The summed E-state index contributed by atoms with van der Waals surface area (Å²) >= 11 is 6.10. The number of hydrogen-bond donors (Lipinski definition) is 0. The number of carbonyl (C=O) groups is 2. The van der Waals surface area contributed by atoms with Gasteiger partial charge in [0.25, 0.3) is 5.91 Å². The third-order valence-corrected chi connectivity index (χ3v) is 6.88. The molecule has 0 spiro atoms. The molecule has 6 heteroatoms. The summed E-state index contributed by atoms with van der Waals surface area (Å²) in [5.74, 6) is -0.654. The SMILES string of the molecule is O=C1[C@@H]2[C@@H](C(=O)N1c1cccc3ccccc13)N1CCCN1[C@H]2c1ccc(Cl)cc1. The Bertz CT molecular complexity index is 1170. The summed E-state index contributed by atoms with van der Waals surface area (Å²) < 4.78 is 0. The Hall–Kier alpha value is -2.73. The van der Waals surface area contributed by atoms with E-state index in [1.54, 1.807) is 0 Å². The van der Waals surface area contributed by atoms with E-state index in [1.807, 2.05) is 66.7 Å². The van der Waals surface area contributed by atoms with E-state index in [-0.39, 0.29) is 17.9 Å². The number of hydrogen-bond acceptors (Lipinski definition) is 4. The maximum absolute atomic E-state index is 13.7. The van der Waals surface area contributed by atoms with E-state index in [0.29, 0.717) is 10.7 Å². The molecule has 5 nitrogen and oxygen atoms in total. The Morgan fingerprint density at radius 2 is 1.47 bits per heavy atom. The van der Waals surface area contributed by atoms with Crippen LogP contribution < -0.4 is 4.90 Å². The van der Waals surface area contributed by atoms with Crippen molar-refractivity contribution in [2.75, 3.05) is 18.0 Å². The van der Waals surface area contributed by atoms with Gasteiger partial charge in [-0.15, -0.1) is 0 Å². The number of amides is 2. The molecule has 0 saturated carbocycles. The van der Waals surface area contributed by atoms with Gasteiger partial charge in [-0.25, -0.2) is 14.9 Å². The van der Waals surface area contributed by atoms with Crippen LogP contribution in [0.1, 0.15) is 18.0 Å². The van der Waals surface area contributed by atoms with E-state index in [1.165, 1.54) is 4.90 Å². The van der Waals surface area contributed by atoms with Gasteiger partial charge in [-0.3, -0.25) is 9.59 Å². The van der Waals surface area contributed by atoms with Gasteiger partial charge in [-0.1, -0.05) is 60.1 Å². The van der Waals surface area contributed by atoms with Crippen LogP contribution in [0.25, 0.3) is 10.8 Å². The van der Waals surface area contributed by atoms with Crippen molar-refractivity contribution in [3.63, 3.8) is 0 Å². The highest BCUT2D eigenvalue weighted by Gasteiger charge is 2.62. The molecule has 3 fully saturated rings. The number of halogens is 1. The van der Waals surface area contributed by atoms with E-state index in [2.05, 4.69) is 10.0 Å². The van der Waals surface area contributed by atoms with E-state index >= 15 is 0 Å². The molecule has 6 rings (SSSR count). The fourth-order valence-electron chi connectivity index (χ4n) is 5.41. The molecule has 3 aliphatic heterocycles. The van der Waals surface area contributed by atoms with Gasteiger partial charge in [0.2, 0.25) is 5.91 Å². The Kier molecular flexibility index (Phi) is 4.00. The minimum atomic E-state index is -0.445. The van der Waals surface area contributed by atoms with Crippen molar-refractivity contribution >= 4 is 39.9 Å². The first kappa shape index (κ1) is 18.1. The third kappa shape index (κ3) is 2.43. The number of fused-ring (bicyclic) bond motifs is 4. The van der Waals surface area contributed by atoms with Gasteiger partial charge < -0.3 is 0 Å². The molecule has 3 saturated heterocycles. The second-order valence-electron chi connectivity index (χ2n) is 8.16. The lowest BCUT2D eigenvalue weighted by atomic mass is 9.90. The molecule has 150 valence electrons. The van der Waals surface area contributed by atoms with Gasteiger partial charge in [-0.05, 0) is 35.6 Å². The highest BCUT2D eigenvalue weighted by molar-refractivity contribution is 6.30. The lowest BCUT2D eigenvalue weighted by Crippen LogP contribution is -2.44. The molecule has 3 atom stereocenters. The summed E-state index contributed by atoms with van der Waals surface area (Å²) in [6.07, 6.45) is 0.989. The molecule has 0 radical (unpaired) electrons. The molecule has 0 aromatic heterocycles. The second-order valence-corrected chi connectivity index (χ2v) is 8.59. The highest BCUT2D eigenvalue weighted by atomic mass is 35.5. The topological polar surface area (TPSA) is 43.9 Å². The average Bonchev–Trinajstić information content (AvgIpc) is 3.41. The molecule has 0 bridgehead atoms. The lowest BCUT2D eigenvalue weighted by molar-refractivity contribution is -0.126. The van der Waals surface area contributed by atoms with Gasteiger partial charge in [-0.2, -0.15) is 0 Å². The van der Waals surface area contributed by atoms with Crippen LogP contribution >= 0.6 is 11.6 Å². The van der Waals surface area contributed by atoms with Crippen molar-refractivity contribution in [1.29, 1.82) is 0 Å². The first-order chi connectivity index (χ1) is 14.6. The predicted octanol–water partition coefficient (Wildman–Crippen LogP) is 4.03. The van der Waals surface area contributed by atoms with Crippen molar-refractivity contribution in [1.82, 2.24) is 10.0 Å². The van der Waals surface area contributed by atoms with Crippen molar-refractivity contribution in [2.45, 2.75) is 18.5 Å². The van der Waals surface area contributed by atoms with Crippen LogP contribution in [0, 0.1) is 5.92 Å². The summed E-state index contributed by atoms with van der Waals surface area (Å²) in [4.78, 5) is 28.8. The monoisotopic (exact) mass is 417 g/mol. The molecule has 0 unspecified atom stereocenters. The van der Waals surface area contributed by atoms with Gasteiger partial charge >= 0.3 is 0 Å². The van der Waals surface area contributed by atoms with Gasteiger partial charge in [0.05, 0.1) is 17.6 Å². The van der Waals surface area contributed by atoms with Gasteiger partial charge in [0.15, 0.2) is 0 Å². The smallest absolute Gasteiger partial charge is 0.253 e. The Morgan fingerprint density at radius 1 is 0.767 bits per heavy atom. The average molecular weight is 418 g/mol. The van der Waals surface area contributed by atoms with Gasteiger partial charge in [0.1, 0.15) is 6.04 Å². The molecule has 3 aromatic rings. The zero-order valence-corrected chi connectivity index (χ0v) is 17.0. The van der Waals surface area contributed by atoms with Crippen molar-refractivity contribution in [3.8, 4) is 0 Å². The standard InChI is InChI=1S/C24H20ClN3O2/c25-17-11-9-16(10-12-17)21-20-22(27-14-4-13-26(21)27)24(30)28(23(20)29)19-8-3-6-15-5-1-2-7-18(15)19/h1-3,5-12,20-22H,4,13-14H2/t20-,21-,22-/m0/s1. The summed E-state index contributed by atoms with van der Waals surface area (Å²) in [6, 6.07) is 20.7. The molecule has 0 N–H and O–H groups in total. The number of hydrazine groups is 1. The van der Waals surface area contributed by atoms with Gasteiger partial charge in [0, 0.05) is 23.5 Å². The summed E-state index contributed by atoms with van der Waals surface area (Å²) in [7, 11) is 0. The van der Waals surface area contributed by atoms with E-state index in [4.69, 9.17) is 11.6 Å². The first-order valence-corrected chi connectivity index (χ1v) is 10.7. The van der Waals surface area contributed by atoms with Crippen LogP contribution in [-0.4, -0.2) is 41.0 Å². The maximum Gasteiger partial charge on any atom is 0.253 e. The maximum atomic E-state index is 13.7. The zero-order chi connectivity index (χ0) is 20.4. The van der Waals surface area contributed by atoms with Crippen LogP contribution in [0.3, 0.4) is 0 Å². The van der Waals surface area contributed by atoms with Crippen molar-refractivity contribution in [2.24, 2.45) is 5.92 Å². The fourth-order valence-corrected chi connectivity index (χ4v) is 5.54. The molecule has 30 heavy (non-hydrogen) atoms. The first-order valence-electron chi connectivity index (χ1n) is 10.3. The summed E-state index contributed by atoms with van der Waals surface area (Å²) in [5.41, 5.74) is 1.71. The molecule has 3 aliphatic rings. The molecule has 3 heterocycles. The zero-order valence-electron chi connectivity index (χ0n) is 16.2. The molecular weight excluding hydrogens is 398 g/mol. The van der Waals surface area contributed by atoms with E-state index in [9.17, 15) is 9.59 Å². The minimum Gasteiger partial charge on any atom is -0.274 e. The quantitative estimate of drug-likeness (QED) is 0.590. The van der Waals surface area contributed by atoms with E-state index < -0.39 is 12.0 Å². The highest BCUT2D eigenvalue weighted by Crippen LogP contribution is 2.49. The number of benzene rings is 3. The van der Waals surface area contributed by atoms with Crippen LogP contribution in [0.5, 0.6) is 0 Å². The molecular formula is C24H20ClN3O2. The Morgan fingerprint density at radius 3 is 2.27 bits per heavy atom. The molecule has 3 aromatic carbocycles. The number of carbonyl (C=O) groups excluding carboxylic acids is 2. The van der Waals surface area contributed by atoms with Crippen LogP contribution in [-0.2, 0) is 9.59 Å². The van der Waals surface area contributed by atoms with Crippen LogP contribution in [0.2, 0.25) is 5.02 Å². The fraction of sp³-hybridized carbons (Fsp3) is 0.250. The Balaban J connectivity index is 1.48. The second kappa shape index (κ2) is 6.64. The Labute approximate surface area is 179 Å². The van der Waals surface area contributed by atoms with Crippen molar-refractivity contribution in [3.05, 3.63) is 77.3 Å². The van der Waals surface area contributed by atoms with E-state index in [0.717, 1.165) is 35.8 Å². The number of anilines is 1. The third-order valence-electron chi connectivity index (χ3n) is 6.62. The number of imide groups is 1.